The van der Waals surface area contributed by atoms with Crippen molar-refractivity contribution in [2.75, 3.05) is 44.7 Å². The van der Waals surface area contributed by atoms with E-state index in [1.807, 2.05) is 30.5 Å². The number of carbonyl (C=O) groups excluding carboxylic acids is 1. The van der Waals surface area contributed by atoms with Crippen LogP contribution in [-0.2, 0) is 6.54 Å². The lowest BCUT2D eigenvalue weighted by Crippen LogP contribution is -2.44. The summed E-state index contributed by atoms with van der Waals surface area (Å²) >= 11 is 0. The minimum Gasteiger partial charge on any atom is -0.494 e. The molecule has 1 aliphatic rings. The highest BCUT2D eigenvalue weighted by atomic mass is 16.5. The molecule has 156 valence electrons. The average molecular weight is 397 g/mol. The standard InChI is InChI=1S/C23H32N4O2/c1-18(2)10-15-29-21-7-5-20(6-8-21)23(28)25-17-19-4-9-22(24-16-19)27-13-11-26(3)12-14-27/h4-9,16,18H,10-15,17H2,1-3H3,(H,25,28). The summed E-state index contributed by atoms with van der Waals surface area (Å²) in [5, 5.41) is 2.96. The third-order valence-corrected chi connectivity index (χ3v) is 5.17. The topological polar surface area (TPSA) is 57.7 Å². The number of carbonyl (C=O) groups is 1. The summed E-state index contributed by atoms with van der Waals surface area (Å²) in [5.74, 6) is 2.32. The number of nitrogens with zero attached hydrogens (tertiary/aromatic N) is 3. The molecule has 1 N–H and O–H groups in total. The smallest absolute Gasteiger partial charge is 0.251 e. The number of likely N-dealkylation sites (N-methyl/N-ethyl adjacent to an activating group) is 1. The van der Waals surface area contributed by atoms with Gasteiger partial charge in [-0.25, -0.2) is 4.98 Å². The highest BCUT2D eigenvalue weighted by Gasteiger charge is 2.15. The van der Waals surface area contributed by atoms with Gasteiger partial charge in [-0.1, -0.05) is 19.9 Å². The summed E-state index contributed by atoms with van der Waals surface area (Å²) < 4.78 is 5.70. The predicted molar refractivity (Wildman–Crippen MR) is 117 cm³/mol. The van der Waals surface area contributed by atoms with Crippen LogP contribution in [0.4, 0.5) is 5.82 Å². The van der Waals surface area contributed by atoms with E-state index in [2.05, 4.69) is 41.0 Å². The summed E-state index contributed by atoms with van der Waals surface area (Å²) in [6, 6.07) is 11.4. The van der Waals surface area contributed by atoms with Crippen molar-refractivity contribution in [2.24, 2.45) is 5.92 Å². The zero-order valence-electron chi connectivity index (χ0n) is 17.7. The van der Waals surface area contributed by atoms with E-state index in [0.717, 1.165) is 49.7 Å². The third-order valence-electron chi connectivity index (χ3n) is 5.17. The van der Waals surface area contributed by atoms with Crippen molar-refractivity contribution in [3.05, 3.63) is 53.7 Å². The second-order valence-electron chi connectivity index (χ2n) is 8.05. The van der Waals surface area contributed by atoms with Crippen LogP contribution in [0.15, 0.2) is 42.6 Å². The maximum absolute atomic E-state index is 12.4. The average Bonchev–Trinajstić information content (AvgIpc) is 2.73. The lowest BCUT2D eigenvalue weighted by molar-refractivity contribution is 0.0951. The van der Waals surface area contributed by atoms with Crippen molar-refractivity contribution < 1.29 is 9.53 Å². The molecule has 1 fully saturated rings. The molecule has 0 unspecified atom stereocenters. The van der Waals surface area contributed by atoms with Crippen LogP contribution in [0.2, 0.25) is 0 Å². The molecular formula is C23H32N4O2. The Bertz CT molecular complexity index is 766. The molecule has 0 radical (unpaired) electrons. The number of aromatic nitrogens is 1. The minimum absolute atomic E-state index is 0.0955. The van der Waals surface area contributed by atoms with Crippen LogP contribution < -0.4 is 15.0 Å². The van der Waals surface area contributed by atoms with Gasteiger partial charge >= 0.3 is 0 Å². The summed E-state index contributed by atoms with van der Waals surface area (Å²) in [6.07, 6.45) is 2.86. The number of rotatable bonds is 8. The van der Waals surface area contributed by atoms with Crippen molar-refractivity contribution in [3.8, 4) is 5.75 Å². The zero-order valence-corrected chi connectivity index (χ0v) is 17.7. The minimum atomic E-state index is -0.0955. The summed E-state index contributed by atoms with van der Waals surface area (Å²) in [4.78, 5) is 21.6. The maximum atomic E-state index is 12.4. The molecule has 2 aromatic rings. The van der Waals surface area contributed by atoms with Crippen LogP contribution in [0.1, 0.15) is 36.2 Å². The summed E-state index contributed by atoms with van der Waals surface area (Å²) in [6.45, 7) is 9.61. The van der Waals surface area contributed by atoms with Gasteiger partial charge in [0.05, 0.1) is 6.61 Å². The quantitative estimate of drug-likeness (QED) is 0.743. The monoisotopic (exact) mass is 396 g/mol. The molecule has 3 rings (SSSR count). The van der Waals surface area contributed by atoms with Crippen molar-refractivity contribution in [1.82, 2.24) is 15.2 Å². The molecule has 0 aliphatic carbocycles. The molecule has 2 heterocycles. The van der Waals surface area contributed by atoms with Crippen LogP contribution in [0.5, 0.6) is 5.75 Å². The summed E-state index contributed by atoms with van der Waals surface area (Å²) in [7, 11) is 2.14. The van der Waals surface area contributed by atoms with Gasteiger partial charge in [-0.2, -0.15) is 0 Å². The first-order valence-electron chi connectivity index (χ1n) is 10.4. The van der Waals surface area contributed by atoms with E-state index in [4.69, 9.17) is 4.74 Å². The molecule has 6 heteroatoms. The van der Waals surface area contributed by atoms with E-state index in [9.17, 15) is 4.79 Å². The fourth-order valence-electron chi connectivity index (χ4n) is 3.14. The number of amides is 1. The molecule has 1 aliphatic heterocycles. The molecule has 1 aromatic carbocycles. The number of ether oxygens (including phenoxy) is 1. The van der Waals surface area contributed by atoms with Crippen LogP contribution in [0.3, 0.4) is 0 Å². The molecule has 29 heavy (non-hydrogen) atoms. The normalized spacial score (nSPS) is 14.8. The highest BCUT2D eigenvalue weighted by Crippen LogP contribution is 2.15. The number of pyridine rings is 1. The number of hydrogen-bond acceptors (Lipinski definition) is 5. The van der Waals surface area contributed by atoms with Gasteiger partial charge in [-0.05, 0) is 55.3 Å². The van der Waals surface area contributed by atoms with E-state index < -0.39 is 0 Å². The second kappa shape index (κ2) is 10.3. The van der Waals surface area contributed by atoms with Gasteiger partial charge in [-0.15, -0.1) is 0 Å². The Labute approximate surface area is 173 Å². The first-order chi connectivity index (χ1) is 14.0. The molecule has 1 amide bonds. The Hall–Kier alpha value is -2.60. The van der Waals surface area contributed by atoms with Gasteiger partial charge in [-0.3, -0.25) is 4.79 Å². The van der Waals surface area contributed by atoms with Crippen LogP contribution in [0, 0.1) is 5.92 Å². The molecule has 0 spiro atoms. The molecule has 0 bridgehead atoms. The Morgan fingerprint density at radius 1 is 1.10 bits per heavy atom. The molecule has 6 nitrogen and oxygen atoms in total. The predicted octanol–water partition coefficient (Wildman–Crippen LogP) is 3.19. The number of anilines is 1. The molecule has 0 atom stereocenters. The van der Waals surface area contributed by atoms with E-state index in [-0.39, 0.29) is 5.91 Å². The summed E-state index contributed by atoms with van der Waals surface area (Å²) in [5.41, 5.74) is 1.62. The van der Waals surface area contributed by atoms with Gasteiger partial charge in [0, 0.05) is 44.5 Å². The van der Waals surface area contributed by atoms with Crippen molar-refractivity contribution >= 4 is 11.7 Å². The van der Waals surface area contributed by atoms with E-state index in [0.29, 0.717) is 24.6 Å². The van der Waals surface area contributed by atoms with Gasteiger partial charge in [0.25, 0.3) is 5.91 Å². The van der Waals surface area contributed by atoms with Crippen molar-refractivity contribution in [2.45, 2.75) is 26.8 Å². The Kier molecular flexibility index (Phi) is 7.47. The number of benzene rings is 1. The highest BCUT2D eigenvalue weighted by molar-refractivity contribution is 5.94. The van der Waals surface area contributed by atoms with Crippen LogP contribution in [-0.4, -0.2) is 55.6 Å². The Morgan fingerprint density at radius 3 is 2.45 bits per heavy atom. The second-order valence-corrected chi connectivity index (χ2v) is 8.05. The van der Waals surface area contributed by atoms with Gasteiger partial charge in [0.15, 0.2) is 0 Å². The largest absolute Gasteiger partial charge is 0.494 e. The van der Waals surface area contributed by atoms with Crippen LogP contribution >= 0.6 is 0 Å². The fourth-order valence-corrected chi connectivity index (χ4v) is 3.14. The molecule has 1 saturated heterocycles. The van der Waals surface area contributed by atoms with E-state index in [1.54, 1.807) is 12.1 Å². The van der Waals surface area contributed by atoms with Gasteiger partial charge in [0.1, 0.15) is 11.6 Å². The molecular weight excluding hydrogens is 364 g/mol. The third kappa shape index (κ3) is 6.46. The number of piperazine rings is 1. The maximum Gasteiger partial charge on any atom is 0.251 e. The SMILES string of the molecule is CC(C)CCOc1ccc(C(=O)NCc2ccc(N3CCN(C)CC3)nc2)cc1. The number of hydrogen-bond donors (Lipinski definition) is 1. The lowest BCUT2D eigenvalue weighted by atomic mass is 10.1. The van der Waals surface area contributed by atoms with Crippen LogP contribution in [0.25, 0.3) is 0 Å². The van der Waals surface area contributed by atoms with Crippen molar-refractivity contribution in [3.63, 3.8) is 0 Å². The molecule has 1 aromatic heterocycles. The Balaban J connectivity index is 1.46. The van der Waals surface area contributed by atoms with Gasteiger partial charge in [0.2, 0.25) is 0 Å². The first-order valence-corrected chi connectivity index (χ1v) is 10.4. The van der Waals surface area contributed by atoms with Gasteiger partial charge < -0.3 is 19.9 Å². The lowest BCUT2D eigenvalue weighted by Gasteiger charge is -2.33. The first kappa shape index (κ1) is 21.1. The van der Waals surface area contributed by atoms with E-state index >= 15 is 0 Å². The zero-order chi connectivity index (χ0) is 20.6. The van der Waals surface area contributed by atoms with Crippen molar-refractivity contribution in [1.29, 1.82) is 0 Å². The van der Waals surface area contributed by atoms with E-state index in [1.165, 1.54) is 0 Å². The molecule has 0 saturated carbocycles. The Morgan fingerprint density at radius 2 is 1.83 bits per heavy atom. The number of nitrogens with one attached hydrogen (secondary N) is 1. The fraction of sp³-hybridized carbons (Fsp3) is 0.478.